The van der Waals surface area contributed by atoms with E-state index in [1.807, 2.05) is 0 Å². The normalized spacial score (nSPS) is 37.7. The van der Waals surface area contributed by atoms with Crippen molar-refractivity contribution in [2.24, 2.45) is 11.7 Å². The highest BCUT2D eigenvalue weighted by Crippen LogP contribution is 2.39. The van der Waals surface area contributed by atoms with Crippen molar-refractivity contribution in [3.63, 3.8) is 0 Å². The first-order valence-electron chi connectivity index (χ1n) is 7.46. The molecule has 1 saturated carbocycles. The minimum Gasteiger partial charge on any atom is -0.348 e. The molecule has 2 aliphatic heterocycles. The van der Waals surface area contributed by atoms with Crippen LogP contribution in [0, 0.1) is 5.92 Å². The molecule has 0 radical (unpaired) electrons. The molecule has 1 aliphatic carbocycles. The van der Waals surface area contributed by atoms with Crippen molar-refractivity contribution in [3.8, 4) is 0 Å². The summed E-state index contributed by atoms with van der Waals surface area (Å²) in [6, 6.07) is 1.41. The van der Waals surface area contributed by atoms with Crippen molar-refractivity contribution in [2.75, 3.05) is 26.3 Å². The highest BCUT2D eigenvalue weighted by atomic mass is 16.7. The molecule has 3 aliphatic rings. The molecular weight excluding hydrogens is 228 g/mol. The highest BCUT2D eigenvalue weighted by Gasteiger charge is 2.43. The highest BCUT2D eigenvalue weighted by molar-refractivity contribution is 4.92. The van der Waals surface area contributed by atoms with Crippen molar-refractivity contribution in [3.05, 3.63) is 0 Å². The lowest BCUT2D eigenvalue weighted by atomic mass is 9.89. The lowest BCUT2D eigenvalue weighted by Gasteiger charge is -2.40. The maximum atomic E-state index is 5.82. The van der Waals surface area contributed by atoms with Gasteiger partial charge in [-0.15, -0.1) is 0 Å². The van der Waals surface area contributed by atoms with Crippen LogP contribution in [0.15, 0.2) is 0 Å². The fraction of sp³-hybridized carbons (Fsp3) is 1.00. The van der Waals surface area contributed by atoms with E-state index < -0.39 is 0 Å². The van der Waals surface area contributed by atoms with Gasteiger partial charge in [-0.2, -0.15) is 0 Å². The van der Waals surface area contributed by atoms with E-state index in [1.54, 1.807) is 0 Å². The van der Waals surface area contributed by atoms with E-state index in [4.69, 9.17) is 15.2 Å². The number of ether oxygens (including phenoxy) is 2. The van der Waals surface area contributed by atoms with Crippen LogP contribution in [-0.2, 0) is 9.47 Å². The van der Waals surface area contributed by atoms with Crippen LogP contribution in [0.25, 0.3) is 0 Å². The second-order valence-corrected chi connectivity index (χ2v) is 6.22. The van der Waals surface area contributed by atoms with Crippen molar-refractivity contribution in [2.45, 2.75) is 56.9 Å². The number of hydrogen-bond donors (Lipinski definition) is 1. The molecule has 0 bridgehead atoms. The topological polar surface area (TPSA) is 47.7 Å². The summed E-state index contributed by atoms with van der Waals surface area (Å²) >= 11 is 0. The van der Waals surface area contributed by atoms with Crippen molar-refractivity contribution in [1.29, 1.82) is 0 Å². The van der Waals surface area contributed by atoms with Crippen LogP contribution in [0.1, 0.15) is 39.0 Å². The van der Waals surface area contributed by atoms with Gasteiger partial charge in [-0.05, 0) is 38.6 Å². The van der Waals surface area contributed by atoms with E-state index in [0.717, 1.165) is 38.6 Å². The number of nitrogens with two attached hydrogens (primary N) is 1. The molecule has 0 amide bonds. The number of hydrogen-bond acceptors (Lipinski definition) is 4. The first-order valence-corrected chi connectivity index (χ1v) is 7.46. The molecule has 2 N–H and O–H groups in total. The van der Waals surface area contributed by atoms with Gasteiger partial charge in [0.1, 0.15) is 0 Å². The largest absolute Gasteiger partial charge is 0.348 e. The van der Waals surface area contributed by atoms with Crippen molar-refractivity contribution in [1.82, 2.24) is 4.90 Å². The van der Waals surface area contributed by atoms with E-state index in [1.165, 1.54) is 25.8 Å². The lowest BCUT2D eigenvalue weighted by molar-refractivity contribution is -0.184. The van der Waals surface area contributed by atoms with Crippen molar-refractivity contribution < 1.29 is 9.47 Å². The Morgan fingerprint density at radius 2 is 1.89 bits per heavy atom. The molecule has 18 heavy (non-hydrogen) atoms. The second kappa shape index (κ2) is 5.08. The Hall–Kier alpha value is -0.160. The molecular formula is C14H26N2O2. The van der Waals surface area contributed by atoms with Gasteiger partial charge in [-0.1, -0.05) is 0 Å². The van der Waals surface area contributed by atoms with Crippen LogP contribution in [-0.4, -0.2) is 49.1 Å². The molecule has 4 nitrogen and oxygen atoms in total. The molecule has 4 heteroatoms. The van der Waals surface area contributed by atoms with Crippen LogP contribution >= 0.6 is 0 Å². The van der Waals surface area contributed by atoms with Gasteiger partial charge in [0.2, 0.25) is 0 Å². The summed E-state index contributed by atoms with van der Waals surface area (Å²) in [6.07, 6.45) is 5.82. The molecule has 2 atom stereocenters. The number of nitrogens with zero attached hydrogens (tertiary/aromatic N) is 1. The van der Waals surface area contributed by atoms with E-state index in [2.05, 4.69) is 11.8 Å². The van der Waals surface area contributed by atoms with Crippen LogP contribution in [0.5, 0.6) is 0 Å². The Morgan fingerprint density at radius 1 is 1.22 bits per heavy atom. The van der Waals surface area contributed by atoms with Gasteiger partial charge in [0.05, 0.1) is 13.2 Å². The molecule has 1 spiro atoms. The molecule has 0 aromatic rings. The Morgan fingerprint density at radius 3 is 2.44 bits per heavy atom. The Kier molecular flexibility index (Phi) is 3.63. The Labute approximate surface area is 110 Å². The van der Waals surface area contributed by atoms with Gasteiger partial charge in [-0.25, -0.2) is 0 Å². The zero-order valence-electron chi connectivity index (χ0n) is 11.4. The van der Waals surface area contributed by atoms with E-state index in [0.29, 0.717) is 12.0 Å². The van der Waals surface area contributed by atoms with Gasteiger partial charge >= 0.3 is 0 Å². The fourth-order valence-electron chi connectivity index (χ4n) is 4.01. The molecule has 2 heterocycles. The third-order valence-electron chi connectivity index (χ3n) is 5.04. The zero-order chi connectivity index (χ0) is 12.6. The minimum absolute atomic E-state index is 0.216. The minimum atomic E-state index is -0.216. The summed E-state index contributed by atoms with van der Waals surface area (Å²) in [4.78, 5) is 2.68. The zero-order valence-corrected chi connectivity index (χ0v) is 11.4. The maximum Gasteiger partial charge on any atom is 0.168 e. The van der Waals surface area contributed by atoms with Gasteiger partial charge in [0.15, 0.2) is 5.79 Å². The first-order chi connectivity index (χ1) is 8.72. The van der Waals surface area contributed by atoms with Crippen LogP contribution in [0.2, 0.25) is 0 Å². The summed E-state index contributed by atoms with van der Waals surface area (Å²) < 4.78 is 11.6. The predicted molar refractivity (Wildman–Crippen MR) is 70.2 cm³/mol. The average molecular weight is 254 g/mol. The first kappa shape index (κ1) is 12.9. The average Bonchev–Trinajstić information content (AvgIpc) is 2.98. The van der Waals surface area contributed by atoms with E-state index >= 15 is 0 Å². The van der Waals surface area contributed by atoms with Gasteiger partial charge in [0.25, 0.3) is 0 Å². The molecule has 3 rings (SSSR count). The summed E-state index contributed by atoms with van der Waals surface area (Å²) in [5, 5.41) is 0. The molecule has 2 saturated heterocycles. The summed E-state index contributed by atoms with van der Waals surface area (Å²) in [5.41, 5.74) is 5.82. The third-order valence-corrected chi connectivity index (χ3v) is 5.04. The smallest absolute Gasteiger partial charge is 0.168 e. The van der Waals surface area contributed by atoms with Gasteiger partial charge in [0, 0.05) is 31.5 Å². The molecule has 104 valence electrons. The van der Waals surface area contributed by atoms with E-state index in [9.17, 15) is 0 Å². The summed E-state index contributed by atoms with van der Waals surface area (Å²) in [6.45, 7) is 5.93. The molecule has 0 aromatic heterocycles. The monoisotopic (exact) mass is 254 g/mol. The summed E-state index contributed by atoms with van der Waals surface area (Å²) in [5.74, 6) is 0.488. The molecule has 0 aromatic carbocycles. The van der Waals surface area contributed by atoms with Crippen LogP contribution < -0.4 is 5.73 Å². The Balaban J connectivity index is 1.56. The van der Waals surface area contributed by atoms with Crippen LogP contribution in [0.4, 0.5) is 0 Å². The standard InChI is InChI=1S/C14H26N2O2/c1-11-8-12(9-15)10-16(11)13-2-4-14(5-3-13)17-6-7-18-14/h11-13H,2-10,15H2,1H3. The lowest BCUT2D eigenvalue weighted by Crippen LogP contribution is -2.45. The van der Waals surface area contributed by atoms with Gasteiger partial charge in [-0.3, -0.25) is 4.90 Å². The Bertz CT molecular complexity index is 282. The quantitative estimate of drug-likeness (QED) is 0.808. The molecule has 3 fully saturated rings. The molecule has 2 unspecified atom stereocenters. The number of rotatable bonds is 2. The number of likely N-dealkylation sites (tertiary alicyclic amines) is 1. The van der Waals surface area contributed by atoms with Crippen LogP contribution in [0.3, 0.4) is 0 Å². The second-order valence-electron chi connectivity index (χ2n) is 6.22. The van der Waals surface area contributed by atoms with E-state index in [-0.39, 0.29) is 5.79 Å². The fourth-order valence-corrected chi connectivity index (χ4v) is 4.01. The SMILES string of the molecule is CC1CC(CN)CN1C1CCC2(CC1)OCCO2. The maximum absolute atomic E-state index is 5.82. The third kappa shape index (κ3) is 2.31. The summed E-state index contributed by atoms with van der Waals surface area (Å²) in [7, 11) is 0. The van der Waals surface area contributed by atoms with Crippen molar-refractivity contribution >= 4 is 0 Å². The predicted octanol–water partition coefficient (Wildman–Crippen LogP) is 1.34. The van der Waals surface area contributed by atoms with Gasteiger partial charge < -0.3 is 15.2 Å².